The molecule has 5 heteroatoms. The van der Waals surface area contributed by atoms with Crippen molar-refractivity contribution < 1.29 is 0 Å². The van der Waals surface area contributed by atoms with Crippen LogP contribution in [0.5, 0.6) is 0 Å². The number of nitrogens with two attached hydrogens (primary N) is 2. The first-order chi connectivity index (χ1) is 6.86. The van der Waals surface area contributed by atoms with Crippen molar-refractivity contribution in [2.24, 2.45) is 11.5 Å². The smallest absolute Gasteiger partial charge is 0.0613 e. The van der Waals surface area contributed by atoms with Gasteiger partial charge in [-0.3, -0.25) is 0 Å². The quantitative estimate of drug-likeness (QED) is 0.313. The minimum atomic E-state index is 0.394. The summed E-state index contributed by atoms with van der Waals surface area (Å²) in [7, 11) is 0. The Balaban J connectivity index is 2.50. The molecule has 5 nitrogen and oxygen atoms in total. The van der Waals surface area contributed by atoms with Crippen LogP contribution in [0.2, 0.25) is 0 Å². The molecule has 7 N–H and O–H groups in total. The third-order valence-corrected chi connectivity index (χ3v) is 1.74. The summed E-state index contributed by atoms with van der Waals surface area (Å²) in [5.41, 5.74) is 18.6. The second kappa shape index (κ2) is 6.33. The minimum absolute atomic E-state index is 0.394. The Kier molecular flexibility index (Phi) is 4.95. The number of hydrogen-bond acceptors (Lipinski definition) is 5. The molecule has 0 heterocycles. The molecule has 0 aliphatic carbocycles. The maximum atomic E-state index is 5.34. The number of hydrazine groups is 1. The summed E-state index contributed by atoms with van der Waals surface area (Å²) in [5, 5.41) is 3.05. The molecule has 0 amide bonds. The molecule has 0 spiro atoms. The van der Waals surface area contributed by atoms with E-state index in [1.807, 2.05) is 24.3 Å². The van der Waals surface area contributed by atoms with E-state index in [-0.39, 0.29) is 0 Å². The lowest BCUT2D eigenvalue weighted by Gasteiger charge is -2.08. The normalized spacial score (nSPS) is 10.1. The Bertz CT molecular complexity index is 240. The van der Waals surface area contributed by atoms with E-state index in [2.05, 4.69) is 16.2 Å². The largest absolute Gasteiger partial charge is 0.320 e. The number of nitrogens with one attached hydrogen (secondary N) is 3. The van der Waals surface area contributed by atoms with Crippen molar-refractivity contribution in [1.82, 2.24) is 10.7 Å². The van der Waals surface area contributed by atoms with Gasteiger partial charge < -0.3 is 22.2 Å². The molecule has 0 aliphatic rings. The standard InChI is InChI=1S/C9H17N5/c10-6-12-5-8-2-1-3-9(4-8)14-13-7-11/h1-4,12-14H,5-7,10-11H2. The van der Waals surface area contributed by atoms with Crippen LogP contribution >= 0.6 is 0 Å². The number of benzene rings is 1. The highest BCUT2D eigenvalue weighted by Gasteiger charge is 1.93. The highest BCUT2D eigenvalue weighted by atomic mass is 15.4. The Morgan fingerprint density at radius 2 is 2.00 bits per heavy atom. The van der Waals surface area contributed by atoms with E-state index in [9.17, 15) is 0 Å². The molecule has 1 aromatic carbocycles. The van der Waals surface area contributed by atoms with Crippen molar-refractivity contribution in [3.05, 3.63) is 29.8 Å². The van der Waals surface area contributed by atoms with Crippen molar-refractivity contribution in [1.29, 1.82) is 0 Å². The van der Waals surface area contributed by atoms with Crippen LogP contribution in [0.25, 0.3) is 0 Å². The van der Waals surface area contributed by atoms with Crippen LogP contribution in [0.1, 0.15) is 5.56 Å². The Morgan fingerprint density at radius 3 is 2.71 bits per heavy atom. The van der Waals surface area contributed by atoms with Crippen molar-refractivity contribution in [3.8, 4) is 0 Å². The summed E-state index contributed by atoms with van der Waals surface area (Å²) in [5.74, 6) is 0. The van der Waals surface area contributed by atoms with Crippen molar-refractivity contribution in [3.63, 3.8) is 0 Å². The Hall–Kier alpha value is -1.14. The highest BCUT2D eigenvalue weighted by Crippen LogP contribution is 2.08. The average Bonchev–Trinajstić information content (AvgIpc) is 2.24. The molecule has 0 fully saturated rings. The molecule has 0 aromatic heterocycles. The second-order valence-corrected chi connectivity index (χ2v) is 2.84. The van der Waals surface area contributed by atoms with Crippen molar-refractivity contribution >= 4 is 5.69 Å². The number of anilines is 1. The van der Waals surface area contributed by atoms with E-state index in [0.717, 1.165) is 12.2 Å². The Morgan fingerprint density at radius 1 is 1.14 bits per heavy atom. The van der Waals surface area contributed by atoms with E-state index < -0.39 is 0 Å². The maximum Gasteiger partial charge on any atom is 0.0613 e. The molecule has 1 aromatic rings. The molecular formula is C9H17N5. The molecule has 14 heavy (non-hydrogen) atoms. The fraction of sp³-hybridized carbons (Fsp3) is 0.333. The summed E-state index contributed by atoms with van der Waals surface area (Å²) in [6.07, 6.45) is 0. The van der Waals surface area contributed by atoms with Crippen LogP contribution in [0.15, 0.2) is 24.3 Å². The van der Waals surface area contributed by atoms with Gasteiger partial charge in [0.05, 0.1) is 6.67 Å². The molecule has 0 bridgehead atoms. The van der Waals surface area contributed by atoms with E-state index in [0.29, 0.717) is 13.3 Å². The summed E-state index contributed by atoms with van der Waals surface area (Å²) in [6, 6.07) is 8.02. The minimum Gasteiger partial charge on any atom is -0.320 e. The lowest BCUT2D eigenvalue weighted by molar-refractivity contribution is 0.709. The lowest BCUT2D eigenvalue weighted by atomic mass is 10.2. The van der Waals surface area contributed by atoms with Gasteiger partial charge in [-0.25, -0.2) is 5.43 Å². The van der Waals surface area contributed by atoms with Gasteiger partial charge in [0.1, 0.15) is 0 Å². The number of rotatable bonds is 6. The zero-order chi connectivity index (χ0) is 10.2. The first kappa shape index (κ1) is 10.9. The van der Waals surface area contributed by atoms with Crippen LogP contribution in [-0.2, 0) is 6.54 Å². The van der Waals surface area contributed by atoms with Gasteiger partial charge in [-0.15, -0.1) is 0 Å². The molecule has 1 rings (SSSR count). The summed E-state index contributed by atoms with van der Waals surface area (Å²) < 4.78 is 0. The summed E-state index contributed by atoms with van der Waals surface area (Å²) in [4.78, 5) is 0. The van der Waals surface area contributed by atoms with Crippen molar-refractivity contribution in [2.45, 2.75) is 6.54 Å². The number of hydrogen-bond donors (Lipinski definition) is 5. The Labute approximate surface area is 83.8 Å². The topological polar surface area (TPSA) is 88.1 Å². The molecule has 78 valence electrons. The summed E-state index contributed by atoms with van der Waals surface area (Å²) >= 11 is 0. The van der Waals surface area contributed by atoms with E-state index >= 15 is 0 Å². The van der Waals surface area contributed by atoms with E-state index in [1.165, 1.54) is 5.56 Å². The first-order valence-corrected chi connectivity index (χ1v) is 4.55. The van der Waals surface area contributed by atoms with Crippen LogP contribution in [-0.4, -0.2) is 13.3 Å². The van der Waals surface area contributed by atoms with Gasteiger partial charge in [0.2, 0.25) is 0 Å². The van der Waals surface area contributed by atoms with Gasteiger partial charge in [0.15, 0.2) is 0 Å². The van der Waals surface area contributed by atoms with Gasteiger partial charge in [-0.05, 0) is 17.7 Å². The van der Waals surface area contributed by atoms with Gasteiger partial charge >= 0.3 is 0 Å². The third-order valence-electron chi connectivity index (χ3n) is 1.74. The monoisotopic (exact) mass is 195 g/mol. The zero-order valence-electron chi connectivity index (χ0n) is 8.09. The van der Waals surface area contributed by atoms with Gasteiger partial charge in [-0.2, -0.15) is 0 Å². The van der Waals surface area contributed by atoms with E-state index in [1.54, 1.807) is 0 Å². The predicted molar refractivity (Wildman–Crippen MR) is 58.1 cm³/mol. The molecule has 0 radical (unpaired) electrons. The fourth-order valence-electron chi connectivity index (χ4n) is 1.13. The molecule has 0 atom stereocenters. The maximum absolute atomic E-state index is 5.34. The highest BCUT2D eigenvalue weighted by molar-refractivity contribution is 5.44. The third kappa shape index (κ3) is 3.71. The first-order valence-electron chi connectivity index (χ1n) is 4.55. The van der Waals surface area contributed by atoms with Crippen molar-refractivity contribution in [2.75, 3.05) is 18.8 Å². The van der Waals surface area contributed by atoms with Crippen LogP contribution in [0.4, 0.5) is 5.69 Å². The van der Waals surface area contributed by atoms with Gasteiger partial charge in [0, 0.05) is 18.9 Å². The van der Waals surface area contributed by atoms with Gasteiger partial charge in [0.25, 0.3) is 0 Å². The molecule has 0 aliphatic heterocycles. The van der Waals surface area contributed by atoms with Crippen LogP contribution in [0, 0.1) is 0 Å². The van der Waals surface area contributed by atoms with Gasteiger partial charge in [-0.1, -0.05) is 12.1 Å². The van der Waals surface area contributed by atoms with E-state index in [4.69, 9.17) is 11.5 Å². The lowest BCUT2D eigenvalue weighted by Crippen LogP contribution is -2.28. The zero-order valence-corrected chi connectivity index (χ0v) is 8.09. The fourth-order valence-corrected chi connectivity index (χ4v) is 1.13. The second-order valence-electron chi connectivity index (χ2n) is 2.84. The molecular weight excluding hydrogens is 178 g/mol. The summed E-state index contributed by atoms with van der Waals surface area (Å²) in [6.45, 7) is 1.65. The molecule has 0 saturated heterocycles. The average molecular weight is 195 g/mol. The predicted octanol–water partition coefficient (Wildman–Crippen LogP) is -0.475. The van der Waals surface area contributed by atoms with Crippen LogP contribution in [0.3, 0.4) is 0 Å². The SMILES string of the molecule is NCNCc1cccc(NNCN)c1. The van der Waals surface area contributed by atoms with Crippen LogP contribution < -0.4 is 27.6 Å². The molecule has 0 saturated carbocycles. The molecule has 0 unspecified atom stereocenters.